The van der Waals surface area contributed by atoms with Crippen molar-refractivity contribution in [3.8, 4) is 5.75 Å². The highest BCUT2D eigenvalue weighted by Gasteiger charge is 2.24. The number of benzene rings is 3. The maximum absolute atomic E-state index is 14.4. The molecule has 2 unspecified atom stereocenters. The summed E-state index contributed by atoms with van der Waals surface area (Å²) in [7, 11) is 0. The van der Waals surface area contributed by atoms with Gasteiger partial charge in [0.1, 0.15) is 5.69 Å². The van der Waals surface area contributed by atoms with Crippen molar-refractivity contribution in [2.75, 3.05) is 5.32 Å². The van der Waals surface area contributed by atoms with Crippen molar-refractivity contribution in [2.24, 2.45) is 0 Å². The zero-order valence-corrected chi connectivity index (χ0v) is 18.5. The van der Waals surface area contributed by atoms with Crippen LogP contribution in [0.2, 0.25) is 5.02 Å². The number of anilines is 2. The highest BCUT2D eigenvalue weighted by Crippen LogP contribution is 2.31. The molecule has 0 aliphatic heterocycles. The molecule has 0 heterocycles. The first-order valence-corrected chi connectivity index (χ1v) is 10.6. The van der Waals surface area contributed by atoms with Crippen molar-refractivity contribution in [3.05, 3.63) is 120 Å². The van der Waals surface area contributed by atoms with Gasteiger partial charge in [0, 0.05) is 22.3 Å². The minimum absolute atomic E-state index is 0.0548. The summed E-state index contributed by atoms with van der Waals surface area (Å²) in [4.78, 5) is 23.0. The van der Waals surface area contributed by atoms with Crippen LogP contribution < -0.4 is 21.5 Å². The highest BCUT2D eigenvalue weighted by molar-refractivity contribution is 6.30. The Morgan fingerprint density at radius 1 is 0.882 bits per heavy atom. The fourth-order valence-electron chi connectivity index (χ4n) is 3.69. The fraction of sp³-hybridized carbons (Fsp3) is 0.120. The molecule has 4 aromatic carbocycles. The Kier molecular flexibility index (Phi) is 6.45. The lowest BCUT2D eigenvalue weighted by Crippen LogP contribution is -2.32. The van der Waals surface area contributed by atoms with Crippen LogP contribution in [0, 0.1) is 17.5 Å². The van der Waals surface area contributed by atoms with Crippen LogP contribution in [-0.2, 0) is 0 Å². The van der Waals surface area contributed by atoms with E-state index in [1.54, 1.807) is 55.5 Å². The number of rotatable bonds is 7. The average Bonchev–Trinajstić information content (AvgIpc) is 2.84. The van der Waals surface area contributed by atoms with Crippen LogP contribution in [0.15, 0.2) is 70.3 Å². The van der Waals surface area contributed by atoms with Gasteiger partial charge in [-0.3, -0.25) is 14.9 Å². The lowest BCUT2D eigenvalue weighted by molar-refractivity contribution is 0.423. The summed E-state index contributed by atoms with van der Waals surface area (Å²) in [6.45, 7) is 1.61. The van der Waals surface area contributed by atoms with Gasteiger partial charge in [0.05, 0.1) is 6.04 Å². The maximum Gasteiger partial charge on any atom is 0.271 e. The molecule has 0 aromatic heterocycles. The van der Waals surface area contributed by atoms with Crippen molar-refractivity contribution in [2.45, 2.75) is 19.0 Å². The molecule has 9 heteroatoms. The molecule has 0 aliphatic carbocycles. The average molecular weight is 487 g/mol. The lowest BCUT2D eigenvalue weighted by Gasteiger charge is -2.26. The molecule has 174 valence electrons. The Balaban J connectivity index is 1.70. The van der Waals surface area contributed by atoms with Crippen molar-refractivity contribution in [1.82, 2.24) is 5.32 Å². The zero-order valence-electron chi connectivity index (χ0n) is 17.7. The lowest BCUT2D eigenvalue weighted by atomic mass is 9.96. The SMILES string of the molecule is CC(NC(c1ccc(Cl)cc1)c1cccc(Nc2c(O)c(=O)c2=O)c1)c1ccc(F)c(F)c1F. The normalized spacial score (nSPS) is 13.1. The van der Waals surface area contributed by atoms with E-state index in [1.165, 1.54) is 6.07 Å². The molecule has 5 nitrogen and oxygen atoms in total. The Morgan fingerprint density at radius 2 is 1.59 bits per heavy atom. The van der Waals surface area contributed by atoms with Gasteiger partial charge >= 0.3 is 0 Å². The number of aromatic hydroxyl groups is 1. The van der Waals surface area contributed by atoms with E-state index in [-0.39, 0.29) is 11.3 Å². The van der Waals surface area contributed by atoms with E-state index in [2.05, 4.69) is 10.6 Å². The van der Waals surface area contributed by atoms with Crippen molar-refractivity contribution in [3.63, 3.8) is 0 Å². The molecule has 34 heavy (non-hydrogen) atoms. The first-order valence-electron chi connectivity index (χ1n) is 10.2. The Bertz CT molecular complexity index is 1430. The molecule has 3 N–H and O–H groups in total. The van der Waals surface area contributed by atoms with Crippen molar-refractivity contribution >= 4 is 23.0 Å². The minimum Gasteiger partial charge on any atom is -0.502 e. The number of halogens is 4. The summed E-state index contributed by atoms with van der Waals surface area (Å²) in [5, 5.41) is 16.1. The predicted octanol–water partition coefficient (Wildman–Crippen LogP) is 5.24. The maximum atomic E-state index is 14.4. The molecule has 0 bridgehead atoms. The first-order chi connectivity index (χ1) is 16.2. The Morgan fingerprint density at radius 3 is 2.26 bits per heavy atom. The molecule has 4 aromatic rings. The van der Waals surface area contributed by atoms with Crippen LogP contribution in [0.25, 0.3) is 0 Å². The second-order valence-corrected chi connectivity index (χ2v) is 8.21. The van der Waals surface area contributed by atoms with Gasteiger partial charge in [-0.15, -0.1) is 0 Å². The third-order valence-corrected chi connectivity index (χ3v) is 5.78. The van der Waals surface area contributed by atoms with E-state index < -0.39 is 46.1 Å². The van der Waals surface area contributed by atoms with Gasteiger partial charge in [-0.2, -0.15) is 0 Å². The summed E-state index contributed by atoms with van der Waals surface area (Å²) in [5.74, 6) is -4.73. The summed E-state index contributed by atoms with van der Waals surface area (Å²) in [6, 6.07) is 14.4. The predicted molar refractivity (Wildman–Crippen MR) is 124 cm³/mol. The van der Waals surface area contributed by atoms with E-state index in [9.17, 15) is 27.9 Å². The zero-order chi connectivity index (χ0) is 24.6. The summed E-state index contributed by atoms with van der Waals surface area (Å²) in [6.07, 6.45) is 0. The monoisotopic (exact) mass is 486 g/mol. The third-order valence-electron chi connectivity index (χ3n) is 5.53. The van der Waals surface area contributed by atoms with Crippen molar-refractivity contribution in [1.29, 1.82) is 0 Å². The van der Waals surface area contributed by atoms with Gasteiger partial charge in [0.25, 0.3) is 10.9 Å². The van der Waals surface area contributed by atoms with Gasteiger partial charge in [-0.25, -0.2) is 13.2 Å². The molecule has 0 aliphatic rings. The standard InChI is InChI=1S/C25H18ClF3N2O3/c1-12(17-9-10-18(27)20(29)19(17)28)30-21(13-5-7-15(26)8-6-13)14-3-2-4-16(11-14)31-22-23(32)25(34)24(22)33/h2-12,21,30-32H,1H3. The third kappa shape index (κ3) is 4.42. The van der Waals surface area contributed by atoms with E-state index >= 15 is 0 Å². The molecule has 0 saturated heterocycles. The number of nitrogens with one attached hydrogen (secondary N) is 2. The summed E-state index contributed by atoms with van der Waals surface area (Å²) >= 11 is 6.02. The van der Waals surface area contributed by atoms with E-state index in [4.69, 9.17) is 11.6 Å². The largest absolute Gasteiger partial charge is 0.502 e. The molecule has 0 radical (unpaired) electrons. The van der Waals surface area contributed by atoms with Gasteiger partial charge < -0.3 is 10.4 Å². The quantitative estimate of drug-likeness (QED) is 0.246. The van der Waals surface area contributed by atoms with Crippen LogP contribution in [-0.4, -0.2) is 5.11 Å². The van der Waals surface area contributed by atoms with Gasteiger partial charge in [-0.05, 0) is 48.4 Å². The van der Waals surface area contributed by atoms with Gasteiger partial charge in [0.2, 0.25) is 0 Å². The van der Waals surface area contributed by atoms with Gasteiger partial charge in [0.15, 0.2) is 23.2 Å². The smallest absolute Gasteiger partial charge is 0.271 e. The number of hydrogen-bond donors (Lipinski definition) is 3. The fourth-order valence-corrected chi connectivity index (χ4v) is 3.82. The molecule has 4 rings (SSSR count). The van der Waals surface area contributed by atoms with Crippen LogP contribution in [0.5, 0.6) is 5.75 Å². The molecule has 0 fully saturated rings. The molecular weight excluding hydrogens is 469 g/mol. The Labute approximate surface area is 197 Å². The first kappa shape index (κ1) is 23.5. The van der Waals surface area contributed by atoms with Crippen LogP contribution in [0.1, 0.15) is 35.7 Å². The van der Waals surface area contributed by atoms with Crippen LogP contribution in [0.3, 0.4) is 0 Å². The topological polar surface area (TPSA) is 78.4 Å². The molecule has 0 amide bonds. The Hall–Kier alpha value is -3.62. The summed E-state index contributed by atoms with van der Waals surface area (Å²) < 4.78 is 41.6. The molecular formula is C25H18ClF3N2O3. The summed E-state index contributed by atoms with van der Waals surface area (Å²) in [5.41, 5.74) is -0.198. The molecule has 2 atom stereocenters. The molecule has 0 saturated carbocycles. The second kappa shape index (κ2) is 9.32. The van der Waals surface area contributed by atoms with Crippen LogP contribution >= 0.6 is 11.6 Å². The van der Waals surface area contributed by atoms with Gasteiger partial charge in [-0.1, -0.05) is 41.9 Å². The van der Waals surface area contributed by atoms with Crippen molar-refractivity contribution < 1.29 is 18.3 Å². The van der Waals surface area contributed by atoms with E-state index in [0.29, 0.717) is 16.3 Å². The minimum atomic E-state index is -1.55. The van der Waals surface area contributed by atoms with E-state index in [1.807, 2.05) is 0 Å². The number of hydrogen-bond acceptors (Lipinski definition) is 5. The molecule has 0 spiro atoms. The highest BCUT2D eigenvalue weighted by atomic mass is 35.5. The van der Waals surface area contributed by atoms with E-state index in [0.717, 1.165) is 11.6 Å². The second-order valence-electron chi connectivity index (χ2n) is 7.77. The van der Waals surface area contributed by atoms with Crippen LogP contribution in [0.4, 0.5) is 24.5 Å².